The average molecular weight is 317 g/mol. The molecule has 1 aliphatic rings. The summed E-state index contributed by atoms with van der Waals surface area (Å²) in [7, 11) is 0. The predicted molar refractivity (Wildman–Crippen MR) is 84.7 cm³/mol. The molecule has 2 aromatic rings. The molecule has 0 aromatic heterocycles. The maximum Gasteiger partial charge on any atom is 0.233 e. The van der Waals surface area contributed by atoms with Gasteiger partial charge in [-0.25, -0.2) is 4.39 Å². The van der Waals surface area contributed by atoms with Crippen molar-refractivity contribution in [1.82, 2.24) is 4.90 Å². The van der Waals surface area contributed by atoms with Gasteiger partial charge in [-0.3, -0.25) is 4.79 Å². The van der Waals surface area contributed by atoms with Crippen molar-refractivity contribution >= 4 is 17.7 Å². The number of halogens is 1. The van der Waals surface area contributed by atoms with Crippen molar-refractivity contribution in [2.75, 3.05) is 12.3 Å². The van der Waals surface area contributed by atoms with Crippen molar-refractivity contribution in [3.63, 3.8) is 0 Å². The smallest absolute Gasteiger partial charge is 0.233 e. The van der Waals surface area contributed by atoms with Crippen LogP contribution in [0.25, 0.3) is 0 Å². The molecule has 3 rings (SSSR count). The molecule has 0 aliphatic carbocycles. The van der Waals surface area contributed by atoms with E-state index in [2.05, 4.69) is 0 Å². The molecule has 0 unspecified atom stereocenters. The fraction of sp³-hybridized carbons (Fsp3) is 0.235. The van der Waals surface area contributed by atoms with Gasteiger partial charge in [-0.15, -0.1) is 11.8 Å². The van der Waals surface area contributed by atoms with Crippen molar-refractivity contribution < 1.29 is 14.3 Å². The van der Waals surface area contributed by atoms with E-state index in [1.807, 2.05) is 30.3 Å². The lowest BCUT2D eigenvalue weighted by Gasteiger charge is -2.26. The molecule has 0 saturated carbocycles. The van der Waals surface area contributed by atoms with Crippen LogP contribution in [0.2, 0.25) is 0 Å². The predicted octanol–water partition coefficient (Wildman–Crippen LogP) is 3.13. The maximum atomic E-state index is 13.4. The molecule has 1 saturated heterocycles. The van der Waals surface area contributed by atoms with Gasteiger partial charge in [-0.2, -0.15) is 0 Å². The molecule has 1 N–H and O–H groups in total. The topological polar surface area (TPSA) is 40.5 Å². The number of amides is 1. The van der Waals surface area contributed by atoms with E-state index in [9.17, 15) is 14.3 Å². The van der Waals surface area contributed by atoms with E-state index >= 15 is 0 Å². The van der Waals surface area contributed by atoms with Crippen LogP contribution in [0, 0.1) is 5.82 Å². The van der Waals surface area contributed by atoms with Crippen LogP contribution in [-0.4, -0.2) is 28.2 Å². The number of hydrogen-bond donors (Lipinski definition) is 1. The Balaban J connectivity index is 1.80. The molecule has 2 aromatic carbocycles. The number of carbonyl (C=O) groups excluding carboxylic acids is 1. The Bertz CT molecular complexity index is 665. The van der Waals surface area contributed by atoms with Crippen LogP contribution in [0.15, 0.2) is 54.6 Å². The van der Waals surface area contributed by atoms with Crippen LogP contribution in [0.3, 0.4) is 0 Å². The molecule has 5 heteroatoms. The normalized spacial score (nSPS) is 19.5. The summed E-state index contributed by atoms with van der Waals surface area (Å²) < 4.78 is 13.4. The molecule has 2 atom stereocenters. The molecular formula is C17H16FNO2S. The number of aliphatic hydroxyl groups is 1. The van der Waals surface area contributed by atoms with E-state index in [0.29, 0.717) is 5.75 Å². The quantitative estimate of drug-likeness (QED) is 0.942. The number of thioether (sulfide) groups is 1. The average Bonchev–Trinajstić information content (AvgIpc) is 2.89. The van der Waals surface area contributed by atoms with E-state index in [1.165, 1.54) is 23.9 Å². The lowest BCUT2D eigenvalue weighted by molar-refractivity contribution is -0.129. The third-order valence-corrected chi connectivity index (χ3v) is 4.91. The van der Waals surface area contributed by atoms with Gasteiger partial charge in [0.15, 0.2) is 0 Å². The number of β-amino-alcohol motifs (C(OH)–C–C–N with tert-alkyl or cyclic N) is 1. The highest BCUT2D eigenvalue weighted by molar-refractivity contribution is 8.00. The summed E-state index contributed by atoms with van der Waals surface area (Å²) in [6, 6.07) is 15.5. The standard InChI is InChI=1S/C17H16FNO2S/c18-14-8-4-7-13(9-14)17-19(16(21)11-22-17)10-15(20)12-5-2-1-3-6-12/h1-9,15,17,20H,10-11H2/t15-,17-/m0/s1. The van der Waals surface area contributed by atoms with E-state index < -0.39 is 6.10 Å². The second-order valence-corrected chi connectivity index (χ2v) is 6.26. The van der Waals surface area contributed by atoms with Crippen LogP contribution < -0.4 is 0 Å². The zero-order chi connectivity index (χ0) is 15.5. The Morgan fingerprint density at radius 3 is 2.73 bits per heavy atom. The van der Waals surface area contributed by atoms with Gasteiger partial charge in [0.2, 0.25) is 5.91 Å². The lowest BCUT2D eigenvalue weighted by atomic mass is 10.1. The molecule has 1 aliphatic heterocycles. The summed E-state index contributed by atoms with van der Waals surface area (Å²) in [4.78, 5) is 13.7. The summed E-state index contributed by atoms with van der Waals surface area (Å²) in [6.07, 6.45) is -0.750. The van der Waals surface area contributed by atoms with Crippen molar-refractivity contribution in [3.8, 4) is 0 Å². The Morgan fingerprint density at radius 1 is 1.23 bits per heavy atom. The van der Waals surface area contributed by atoms with Gasteiger partial charge in [0.1, 0.15) is 11.2 Å². The number of rotatable bonds is 4. The summed E-state index contributed by atoms with van der Waals surface area (Å²) in [5, 5.41) is 10.1. The second-order valence-electron chi connectivity index (χ2n) is 5.19. The summed E-state index contributed by atoms with van der Waals surface area (Å²) in [5.41, 5.74) is 1.52. The minimum absolute atomic E-state index is 0.0331. The molecule has 0 radical (unpaired) electrons. The van der Waals surface area contributed by atoms with Crippen molar-refractivity contribution in [2.45, 2.75) is 11.5 Å². The first-order chi connectivity index (χ1) is 10.6. The number of hydrogen-bond acceptors (Lipinski definition) is 3. The van der Waals surface area contributed by atoms with Gasteiger partial charge < -0.3 is 10.0 Å². The number of nitrogens with zero attached hydrogens (tertiary/aromatic N) is 1. The lowest BCUT2D eigenvalue weighted by Crippen LogP contribution is -2.32. The monoisotopic (exact) mass is 317 g/mol. The molecule has 0 spiro atoms. The number of aliphatic hydroxyl groups excluding tert-OH is 1. The fourth-order valence-corrected chi connectivity index (χ4v) is 3.74. The Kier molecular flexibility index (Phi) is 4.45. The van der Waals surface area contributed by atoms with Crippen LogP contribution >= 0.6 is 11.8 Å². The Hall–Kier alpha value is -1.85. The van der Waals surface area contributed by atoms with Crippen molar-refractivity contribution in [1.29, 1.82) is 0 Å². The molecule has 1 heterocycles. The van der Waals surface area contributed by atoms with Gasteiger partial charge in [-0.05, 0) is 23.3 Å². The molecule has 22 heavy (non-hydrogen) atoms. The van der Waals surface area contributed by atoms with E-state index in [0.717, 1.165) is 11.1 Å². The first-order valence-corrected chi connectivity index (χ1v) is 8.09. The van der Waals surface area contributed by atoms with Gasteiger partial charge in [-0.1, -0.05) is 42.5 Å². The molecule has 114 valence electrons. The Labute approximate surface area is 132 Å². The van der Waals surface area contributed by atoms with Crippen LogP contribution in [0.4, 0.5) is 4.39 Å². The summed E-state index contributed by atoms with van der Waals surface area (Å²) >= 11 is 1.46. The van der Waals surface area contributed by atoms with Crippen molar-refractivity contribution in [3.05, 3.63) is 71.5 Å². The highest BCUT2D eigenvalue weighted by Crippen LogP contribution is 2.39. The minimum atomic E-state index is -0.750. The van der Waals surface area contributed by atoms with E-state index in [-0.39, 0.29) is 23.6 Å². The van der Waals surface area contributed by atoms with Crippen LogP contribution in [-0.2, 0) is 4.79 Å². The van der Waals surface area contributed by atoms with E-state index in [4.69, 9.17) is 0 Å². The minimum Gasteiger partial charge on any atom is -0.387 e. The van der Waals surface area contributed by atoms with Crippen molar-refractivity contribution in [2.24, 2.45) is 0 Å². The zero-order valence-electron chi connectivity index (χ0n) is 11.9. The third-order valence-electron chi connectivity index (χ3n) is 3.66. The zero-order valence-corrected chi connectivity index (χ0v) is 12.7. The van der Waals surface area contributed by atoms with Crippen LogP contribution in [0.5, 0.6) is 0 Å². The highest BCUT2D eigenvalue weighted by atomic mass is 32.2. The summed E-state index contributed by atoms with van der Waals surface area (Å²) in [5.74, 6) is -0.00173. The summed E-state index contributed by atoms with van der Waals surface area (Å²) in [6.45, 7) is 0.205. The largest absolute Gasteiger partial charge is 0.387 e. The van der Waals surface area contributed by atoms with Gasteiger partial charge in [0.05, 0.1) is 18.4 Å². The third kappa shape index (κ3) is 3.15. The first-order valence-electron chi connectivity index (χ1n) is 7.04. The van der Waals surface area contributed by atoms with Gasteiger partial charge in [0.25, 0.3) is 0 Å². The SMILES string of the molecule is O=C1CS[C@@H](c2cccc(F)c2)N1C[C@H](O)c1ccccc1. The van der Waals surface area contributed by atoms with Crippen LogP contribution in [0.1, 0.15) is 22.6 Å². The molecule has 0 bridgehead atoms. The first kappa shape index (κ1) is 15.1. The molecule has 1 fully saturated rings. The van der Waals surface area contributed by atoms with Gasteiger partial charge in [0, 0.05) is 0 Å². The second kappa shape index (κ2) is 6.50. The molecular weight excluding hydrogens is 301 g/mol. The Morgan fingerprint density at radius 2 is 2.00 bits per heavy atom. The number of carbonyl (C=O) groups is 1. The number of benzene rings is 2. The van der Waals surface area contributed by atoms with E-state index in [1.54, 1.807) is 17.0 Å². The molecule has 1 amide bonds. The van der Waals surface area contributed by atoms with Gasteiger partial charge >= 0.3 is 0 Å². The highest BCUT2D eigenvalue weighted by Gasteiger charge is 2.34. The fourth-order valence-electron chi connectivity index (χ4n) is 2.55. The maximum absolute atomic E-state index is 13.4. The molecule has 3 nitrogen and oxygen atoms in total.